The number of fused-ring (bicyclic) bond motifs is 1. The van der Waals surface area contributed by atoms with Crippen molar-refractivity contribution >= 4 is 58.7 Å². The van der Waals surface area contributed by atoms with E-state index in [0.717, 1.165) is 27.0 Å². The Hall–Kier alpha value is -1.68. The molecule has 2 aromatic carbocycles. The molecule has 3 N–H and O–H groups in total. The Morgan fingerprint density at radius 2 is 1.86 bits per heavy atom. The summed E-state index contributed by atoms with van der Waals surface area (Å²) in [6.07, 6.45) is 1.72. The molecule has 0 unspecified atom stereocenters. The molecule has 22 heavy (non-hydrogen) atoms. The fourth-order valence-electron chi connectivity index (χ4n) is 2.15. The number of rotatable bonds is 3. The summed E-state index contributed by atoms with van der Waals surface area (Å²) in [6, 6.07) is 15.8. The smallest absolute Gasteiger partial charge is 0.131 e. The molecule has 0 spiro atoms. The highest BCUT2D eigenvalue weighted by atomic mass is 35.5. The number of nitrogens with two attached hydrogens (primary N) is 1. The van der Waals surface area contributed by atoms with Gasteiger partial charge in [-0.15, -0.1) is 24.8 Å². The van der Waals surface area contributed by atoms with Crippen LogP contribution in [0.2, 0.25) is 5.02 Å². The molecule has 0 aliphatic carbocycles. The van der Waals surface area contributed by atoms with Crippen LogP contribution in [0.15, 0.2) is 54.7 Å². The molecular formula is C16H16Cl3N3. The van der Waals surface area contributed by atoms with Crippen LogP contribution in [0, 0.1) is 0 Å². The van der Waals surface area contributed by atoms with Crippen molar-refractivity contribution in [1.82, 2.24) is 4.98 Å². The second kappa shape index (κ2) is 8.08. The maximum atomic E-state index is 5.97. The molecule has 0 aliphatic heterocycles. The molecule has 0 bridgehead atoms. The van der Waals surface area contributed by atoms with Crippen LogP contribution in [0.3, 0.4) is 0 Å². The number of halogens is 3. The van der Waals surface area contributed by atoms with Crippen molar-refractivity contribution in [1.29, 1.82) is 0 Å². The molecule has 6 heteroatoms. The Bertz CT molecular complexity index is 762. The van der Waals surface area contributed by atoms with Gasteiger partial charge >= 0.3 is 0 Å². The number of nitrogens with zero attached hydrogens (tertiary/aromatic N) is 1. The fraction of sp³-hybridized carbons (Fsp3) is 0.0625. The molecule has 0 radical (unpaired) electrons. The topological polar surface area (TPSA) is 50.9 Å². The van der Waals surface area contributed by atoms with E-state index < -0.39 is 0 Å². The van der Waals surface area contributed by atoms with Gasteiger partial charge in [0.2, 0.25) is 0 Å². The maximum absolute atomic E-state index is 5.97. The maximum Gasteiger partial charge on any atom is 0.131 e. The first-order chi connectivity index (χ1) is 9.72. The fourth-order valence-corrected chi connectivity index (χ4v) is 2.36. The normalized spacial score (nSPS) is 9.68. The van der Waals surface area contributed by atoms with E-state index in [1.807, 2.05) is 48.5 Å². The molecule has 0 atom stereocenters. The third-order valence-electron chi connectivity index (χ3n) is 3.18. The summed E-state index contributed by atoms with van der Waals surface area (Å²) in [7, 11) is 0. The zero-order valence-corrected chi connectivity index (χ0v) is 14.0. The lowest BCUT2D eigenvalue weighted by Crippen LogP contribution is -1.99. The predicted octanol–water partition coefficient (Wildman–Crippen LogP) is 4.93. The van der Waals surface area contributed by atoms with Crippen molar-refractivity contribution in [2.45, 2.75) is 6.54 Å². The van der Waals surface area contributed by atoms with Crippen molar-refractivity contribution in [3.8, 4) is 0 Å². The molecule has 116 valence electrons. The van der Waals surface area contributed by atoms with Gasteiger partial charge in [-0.2, -0.15) is 0 Å². The quantitative estimate of drug-likeness (QED) is 0.700. The lowest BCUT2D eigenvalue weighted by atomic mass is 10.1. The highest BCUT2D eigenvalue weighted by molar-refractivity contribution is 6.30. The second-order valence-electron chi connectivity index (χ2n) is 4.62. The van der Waals surface area contributed by atoms with Gasteiger partial charge in [0.05, 0.1) is 0 Å². The van der Waals surface area contributed by atoms with Gasteiger partial charge in [-0.1, -0.05) is 29.8 Å². The average molecular weight is 357 g/mol. The summed E-state index contributed by atoms with van der Waals surface area (Å²) >= 11 is 5.97. The van der Waals surface area contributed by atoms with Crippen LogP contribution < -0.4 is 11.1 Å². The first-order valence-electron chi connectivity index (χ1n) is 6.35. The van der Waals surface area contributed by atoms with E-state index in [-0.39, 0.29) is 24.8 Å². The molecule has 0 aliphatic rings. The zero-order chi connectivity index (χ0) is 13.9. The predicted molar refractivity (Wildman–Crippen MR) is 99.4 cm³/mol. The molecule has 3 aromatic rings. The van der Waals surface area contributed by atoms with Gasteiger partial charge in [-0.25, -0.2) is 4.98 Å². The number of pyridine rings is 1. The van der Waals surface area contributed by atoms with E-state index in [1.165, 1.54) is 0 Å². The lowest BCUT2D eigenvalue weighted by Gasteiger charge is -2.09. The minimum Gasteiger partial charge on any atom is -0.383 e. The highest BCUT2D eigenvalue weighted by Crippen LogP contribution is 2.23. The minimum absolute atomic E-state index is 0. The summed E-state index contributed by atoms with van der Waals surface area (Å²) in [5.41, 5.74) is 8.04. The van der Waals surface area contributed by atoms with E-state index in [4.69, 9.17) is 17.3 Å². The highest BCUT2D eigenvalue weighted by Gasteiger charge is 2.01. The van der Waals surface area contributed by atoms with E-state index in [2.05, 4.69) is 10.3 Å². The van der Waals surface area contributed by atoms with Crippen LogP contribution >= 0.6 is 36.4 Å². The molecule has 1 heterocycles. The van der Waals surface area contributed by atoms with Gasteiger partial charge in [0, 0.05) is 28.8 Å². The SMILES string of the molecule is Cl.Cl.Nc1nccc2ccc(NCc3cccc(Cl)c3)cc12. The zero-order valence-electron chi connectivity index (χ0n) is 11.6. The monoisotopic (exact) mass is 355 g/mol. The number of nitrogen functional groups attached to an aromatic ring is 1. The van der Waals surface area contributed by atoms with Crippen molar-refractivity contribution in [2.75, 3.05) is 11.1 Å². The Morgan fingerprint density at radius 3 is 2.64 bits per heavy atom. The summed E-state index contributed by atoms with van der Waals surface area (Å²) in [4.78, 5) is 4.11. The third-order valence-corrected chi connectivity index (χ3v) is 3.42. The lowest BCUT2D eigenvalue weighted by molar-refractivity contribution is 1.15. The Balaban J connectivity index is 0.00000121. The molecule has 0 amide bonds. The molecule has 3 rings (SSSR count). The van der Waals surface area contributed by atoms with Crippen molar-refractivity contribution in [2.24, 2.45) is 0 Å². The minimum atomic E-state index is 0. The largest absolute Gasteiger partial charge is 0.383 e. The van der Waals surface area contributed by atoms with Gasteiger partial charge in [-0.3, -0.25) is 0 Å². The molecule has 1 aromatic heterocycles. The number of anilines is 2. The molecule has 0 saturated carbocycles. The van der Waals surface area contributed by atoms with Crippen LogP contribution in [0.1, 0.15) is 5.56 Å². The van der Waals surface area contributed by atoms with Crippen molar-refractivity contribution in [3.63, 3.8) is 0 Å². The standard InChI is InChI=1S/C16H14ClN3.2ClH/c17-13-3-1-2-11(8-13)10-20-14-5-4-12-6-7-19-16(18)15(12)9-14;;/h1-9,20H,10H2,(H2,18,19);2*1H. The number of hydrogen-bond donors (Lipinski definition) is 2. The Morgan fingerprint density at radius 1 is 1.05 bits per heavy atom. The Labute approximate surface area is 146 Å². The number of nitrogens with one attached hydrogen (secondary N) is 1. The molecular weight excluding hydrogens is 341 g/mol. The van der Waals surface area contributed by atoms with E-state index in [9.17, 15) is 0 Å². The van der Waals surface area contributed by atoms with E-state index in [0.29, 0.717) is 12.4 Å². The average Bonchev–Trinajstić information content (AvgIpc) is 2.46. The van der Waals surface area contributed by atoms with Crippen molar-refractivity contribution in [3.05, 3.63) is 65.3 Å². The van der Waals surface area contributed by atoms with Gasteiger partial charge in [0.15, 0.2) is 0 Å². The van der Waals surface area contributed by atoms with Crippen LogP contribution in [-0.4, -0.2) is 4.98 Å². The number of aromatic nitrogens is 1. The first-order valence-corrected chi connectivity index (χ1v) is 6.73. The summed E-state index contributed by atoms with van der Waals surface area (Å²) in [5, 5.41) is 6.16. The van der Waals surface area contributed by atoms with Crippen molar-refractivity contribution < 1.29 is 0 Å². The van der Waals surface area contributed by atoms with E-state index in [1.54, 1.807) is 6.20 Å². The van der Waals surface area contributed by atoms with Gasteiger partial charge < -0.3 is 11.1 Å². The molecule has 0 saturated heterocycles. The summed E-state index contributed by atoms with van der Waals surface area (Å²) in [6.45, 7) is 0.715. The van der Waals surface area contributed by atoms with Crippen LogP contribution in [0.25, 0.3) is 10.8 Å². The number of hydrogen-bond acceptors (Lipinski definition) is 3. The summed E-state index contributed by atoms with van der Waals surface area (Å²) < 4.78 is 0. The summed E-state index contributed by atoms with van der Waals surface area (Å²) in [5.74, 6) is 0.550. The van der Waals surface area contributed by atoms with Crippen LogP contribution in [-0.2, 0) is 6.54 Å². The van der Waals surface area contributed by atoms with Gasteiger partial charge in [0.1, 0.15) is 5.82 Å². The van der Waals surface area contributed by atoms with Gasteiger partial charge in [0.25, 0.3) is 0 Å². The number of benzene rings is 2. The molecule has 3 nitrogen and oxygen atoms in total. The van der Waals surface area contributed by atoms with E-state index >= 15 is 0 Å². The first kappa shape index (κ1) is 18.4. The van der Waals surface area contributed by atoms with Crippen LogP contribution in [0.4, 0.5) is 11.5 Å². The van der Waals surface area contributed by atoms with Crippen LogP contribution in [0.5, 0.6) is 0 Å². The molecule has 0 fully saturated rings. The third kappa shape index (κ3) is 4.17. The van der Waals surface area contributed by atoms with Gasteiger partial charge in [-0.05, 0) is 41.3 Å². The Kier molecular flexibility index (Phi) is 6.75. The second-order valence-corrected chi connectivity index (χ2v) is 5.05.